The van der Waals surface area contributed by atoms with Crippen molar-refractivity contribution in [3.05, 3.63) is 63.2 Å². The fraction of sp³-hybridized carbons (Fsp3) is 0.294. The maximum atomic E-state index is 10.8. The van der Waals surface area contributed by atoms with E-state index in [9.17, 15) is 10.1 Å². The van der Waals surface area contributed by atoms with Crippen LogP contribution >= 0.6 is 11.3 Å². The van der Waals surface area contributed by atoms with Gasteiger partial charge in [-0.25, -0.2) is 0 Å². The number of hydrogen-bond acceptors (Lipinski definition) is 5. The normalized spacial score (nSPS) is 12.8. The molecule has 0 radical (unpaired) electrons. The van der Waals surface area contributed by atoms with Crippen molar-refractivity contribution >= 4 is 27.3 Å². The van der Waals surface area contributed by atoms with Crippen molar-refractivity contribution in [2.24, 2.45) is 0 Å². The molecular formula is C17H18N2O3S. The molecule has 0 aliphatic carbocycles. The highest BCUT2D eigenvalue weighted by Crippen LogP contribution is 2.30. The number of furan rings is 1. The van der Waals surface area contributed by atoms with Crippen LogP contribution in [0, 0.1) is 10.1 Å². The van der Waals surface area contributed by atoms with E-state index in [-0.39, 0.29) is 16.0 Å². The fourth-order valence-electron chi connectivity index (χ4n) is 2.69. The number of fused-ring (bicyclic) bond motifs is 1. The van der Waals surface area contributed by atoms with E-state index in [1.807, 2.05) is 29.6 Å². The first-order valence-electron chi connectivity index (χ1n) is 7.52. The molecule has 1 unspecified atom stereocenters. The lowest BCUT2D eigenvalue weighted by Gasteiger charge is -2.25. The Morgan fingerprint density at radius 1 is 1.35 bits per heavy atom. The molecule has 0 aliphatic heterocycles. The number of para-hydroxylation sites is 1. The highest BCUT2D eigenvalue weighted by Gasteiger charge is 2.20. The van der Waals surface area contributed by atoms with E-state index < -0.39 is 0 Å². The van der Waals surface area contributed by atoms with Crippen LogP contribution in [-0.4, -0.2) is 16.4 Å². The lowest BCUT2D eigenvalue weighted by molar-refractivity contribution is -0.380. The van der Waals surface area contributed by atoms with Crippen LogP contribution in [0.4, 0.5) is 5.00 Å². The van der Waals surface area contributed by atoms with Gasteiger partial charge in [-0.3, -0.25) is 15.0 Å². The molecule has 0 N–H and O–H groups in total. The van der Waals surface area contributed by atoms with E-state index in [1.54, 1.807) is 6.07 Å². The number of rotatable bonds is 6. The van der Waals surface area contributed by atoms with Gasteiger partial charge in [0, 0.05) is 23.4 Å². The van der Waals surface area contributed by atoms with Crippen molar-refractivity contribution in [3.63, 3.8) is 0 Å². The number of hydrogen-bond donors (Lipinski definition) is 0. The van der Waals surface area contributed by atoms with Crippen LogP contribution < -0.4 is 0 Å². The van der Waals surface area contributed by atoms with Crippen LogP contribution in [0.1, 0.15) is 31.2 Å². The van der Waals surface area contributed by atoms with Crippen LogP contribution in [0.2, 0.25) is 0 Å². The summed E-state index contributed by atoms with van der Waals surface area (Å²) in [6.45, 7) is 5.68. The molecule has 0 saturated carbocycles. The van der Waals surface area contributed by atoms with Gasteiger partial charge in [-0.15, -0.1) is 0 Å². The average Bonchev–Trinajstić information content (AvgIpc) is 3.18. The van der Waals surface area contributed by atoms with E-state index in [1.165, 1.54) is 11.3 Å². The molecule has 3 aromatic rings. The Kier molecular flexibility index (Phi) is 4.45. The minimum absolute atomic E-state index is 0.103. The van der Waals surface area contributed by atoms with Gasteiger partial charge < -0.3 is 4.42 Å². The third kappa shape index (κ3) is 3.28. The first-order valence-corrected chi connectivity index (χ1v) is 8.40. The minimum Gasteiger partial charge on any atom is -0.459 e. The Labute approximate surface area is 138 Å². The van der Waals surface area contributed by atoms with Crippen molar-refractivity contribution in [1.82, 2.24) is 4.90 Å². The average molecular weight is 330 g/mol. The summed E-state index contributed by atoms with van der Waals surface area (Å²) in [4.78, 5) is 12.7. The second kappa shape index (κ2) is 6.52. The lowest BCUT2D eigenvalue weighted by Crippen LogP contribution is -2.25. The lowest BCUT2D eigenvalue weighted by atomic mass is 10.1. The zero-order chi connectivity index (χ0) is 16.4. The Bertz CT molecular complexity index is 791. The Hall–Kier alpha value is -2.18. The Morgan fingerprint density at radius 2 is 2.13 bits per heavy atom. The topological polar surface area (TPSA) is 59.5 Å². The monoisotopic (exact) mass is 330 g/mol. The number of nitro groups is 1. The molecule has 1 atom stereocenters. The Balaban J connectivity index is 1.79. The second-order valence-electron chi connectivity index (χ2n) is 5.48. The predicted molar refractivity (Wildman–Crippen MR) is 91.7 cm³/mol. The van der Waals surface area contributed by atoms with Gasteiger partial charge >= 0.3 is 5.00 Å². The summed E-state index contributed by atoms with van der Waals surface area (Å²) in [6.07, 6.45) is 0. The zero-order valence-electron chi connectivity index (χ0n) is 13.1. The quantitative estimate of drug-likeness (QED) is 0.472. The van der Waals surface area contributed by atoms with Crippen LogP contribution in [-0.2, 0) is 6.54 Å². The molecule has 2 aromatic heterocycles. The molecule has 1 aromatic carbocycles. The maximum Gasteiger partial charge on any atom is 0.324 e. The summed E-state index contributed by atoms with van der Waals surface area (Å²) in [5, 5.41) is 13.9. The van der Waals surface area contributed by atoms with Crippen LogP contribution in [0.3, 0.4) is 0 Å². The molecule has 0 spiro atoms. The predicted octanol–water partition coefficient (Wildman–Crippen LogP) is 4.99. The third-order valence-corrected chi connectivity index (χ3v) is 4.94. The molecule has 0 fully saturated rings. The van der Waals surface area contributed by atoms with Crippen molar-refractivity contribution in [2.45, 2.75) is 26.4 Å². The van der Waals surface area contributed by atoms with Gasteiger partial charge in [0.2, 0.25) is 0 Å². The van der Waals surface area contributed by atoms with Crippen molar-refractivity contribution in [1.29, 1.82) is 0 Å². The molecular weight excluding hydrogens is 312 g/mol. The van der Waals surface area contributed by atoms with E-state index in [4.69, 9.17) is 4.42 Å². The van der Waals surface area contributed by atoms with Gasteiger partial charge in [-0.05, 0) is 31.2 Å². The number of nitrogens with zero attached hydrogens (tertiary/aromatic N) is 2. The van der Waals surface area contributed by atoms with Crippen LogP contribution in [0.25, 0.3) is 11.0 Å². The molecule has 23 heavy (non-hydrogen) atoms. The fourth-order valence-corrected chi connectivity index (χ4v) is 3.41. The van der Waals surface area contributed by atoms with Gasteiger partial charge in [0.05, 0.1) is 11.0 Å². The number of thiophene rings is 1. The number of benzene rings is 1. The summed E-state index contributed by atoms with van der Waals surface area (Å²) < 4.78 is 5.95. The Morgan fingerprint density at radius 3 is 2.78 bits per heavy atom. The zero-order valence-corrected chi connectivity index (χ0v) is 13.9. The van der Waals surface area contributed by atoms with Crippen molar-refractivity contribution in [2.75, 3.05) is 6.54 Å². The third-order valence-electron chi connectivity index (χ3n) is 4.02. The summed E-state index contributed by atoms with van der Waals surface area (Å²) in [5.41, 5.74) is 1.85. The molecule has 0 bridgehead atoms. The summed E-state index contributed by atoms with van der Waals surface area (Å²) in [6, 6.07) is 11.8. The van der Waals surface area contributed by atoms with Crippen LogP contribution in [0.5, 0.6) is 0 Å². The smallest absolute Gasteiger partial charge is 0.324 e. The minimum atomic E-state index is -0.340. The summed E-state index contributed by atoms with van der Waals surface area (Å²) in [5.74, 6) is 0.915. The van der Waals surface area contributed by atoms with E-state index in [2.05, 4.69) is 24.8 Å². The van der Waals surface area contributed by atoms with Crippen LogP contribution in [0.15, 0.2) is 46.2 Å². The standard InChI is InChI=1S/C17H18N2O3S/c1-3-18(10-13-8-17(19(20)21)23-11-13)12(2)16-9-14-6-4-5-7-15(14)22-16/h4-9,11-12H,3,10H2,1-2H3. The largest absolute Gasteiger partial charge is 0.459 e. The van der Waals surface area contributed by atoms with Gasteiger partial charge in [-0.2, -0.15) is 0 Å². The van der Waals surface area contributed by atoms with Gasteiger partial charge in [0.15, 0.2) is 0 Å². The maximum absolute atomic E-state index is 10.8. The van der Waals surface area contributed by atoms with Gasteiger partial charge in [0.25, 0.3) is 0 Å². The first-order chi connectivity index (χ1) is 11.1. The SMILES string of the molecule is CCN(Cc1csc([N+](=O)[O-])c1)C(C)c1cc2ccccc2o1. The summed E-state index contributed by atoms with van der Waals surface area (Å²) in [7, 11) is 0. The molecule has 6 heteroatoms. The van der Waals surface area contributed by atoms with Gasteiger partial charge in [-0.1, -0.05) is 36.5 Å². The van der Waals surface area contributed by atoms with E-state index >= 15 is 0 Å². The molecule has 0 amide bonds. The second-order valence-corrected chi connectivity index (χ2v) is 6.37. The molecule has 0 saturated heterocycles. The highest BCUT2D eigenvalue weighted by atomic mass is 32.1. The summed E-state index contributed by atoms with van der Waals surface area (Å²) >= 11 is 1.17. The first kappa shape index (κ1) is 15.7. The van der Waals surface area contributed by atoms with Crippen molar-refractivity contribution in [3.8, 4) is 0 Å². The molecule has 120 valence electrons. The van der Waals surface area contributed by atoms with E-state index in [0.717, 1.165) is 28.8 Å². The molecule has 0 aliphatic rings. The molecule has 5 nitrogen and oxygen atoms in total. The molecule has 2 heterocycles. The van der Waals surface area contributed by atoms with Crippen molar-refractivity contribution < 1.29 is 9.34 Å². The highest BCUT2D eigenvalue weighted by molar-refractivity contribution is 7.13. The molecule has 3 rings (SSSR count). The van der Waals surface area contributed by atoms with Gasteiger partial charge in [0.1, 0.15) is 11.3 Å². The van der Waals surface area contributed by atoms with E-state index in [0.29, 0.717) is 6.54 Å².